The first-order chi connectivity index (χ1) is 7.74. The van der Waals surface area contributed by atoms with Gasteiger partial charge < -0.3 is 9.73 Å². The number of hydrogen-bond acceptors (Lipinski definition) is 3. The van der Waals surface area contributed by atoms with Gasteiger partial charge >= 0.3 is 0 Å². The molecule has 2 heterocycles. The van der Waals surface area contributed by atoms with Crippen LogP contribution in [0.1, 0.15) is 10.6 Å². The van der Waals surface area contributed by atoms with Crippen LogP contribution in [0.3, 0.4) is 0 Å². The molecule has 0 amide bonds. The monoisotopic (exact) mass is 219 g/mol. The lowest BCUT2D eigenvalue weighted by atomic mass is 9.96. The lowest BCUT2D eigenvalue weighted by Crippen LogP contribution is -2.46. The summed E-state index contributed by atoms with van der Waals surface area (Å²) in [7, 11) is 0. The van der Waals surface area contributed by atoms with Crippen LogP contribution in [0.2, 0.25) is 0 Å². The number of furan rings is 1. The Balaban J connectivity index is 2.01. The van der Waals surface area contributed by atoms with E-state index in [1.165, 1.54) is 12.1 Å². The second kappa shape index (κ2) is 3.42. The molecule has 3 nitrogen and oxygen atoms in total. The maximum atomic E-state index is 12.9. The molecule has 0 atom stereocenters. The number of fused-ring (bicyclic) bond motifs is 1. The predicted molar refractivity (Wildman–Crippen MR) is 56.9 cm³/mol. The summed E-state index contributed by atoms with van der Waals surface area (Å²) in [4.78, 5) is 11.9. The third kappa shape index (κ3) is 1.42. The summed E-state index contributed by atoms with van der Waals surface area (Å²) in [5.41, 5.74) is 0.553. The van der Waals surface area contributed by atoms with E-state index >= 15 is 0 Å². The molecule has 3 rings (SSSR count). The van der Waals surface area contributed by atoms with Gasteiger partial charge in [-0.05, 0) is 24.3 Å². The average molecular weight is 219 g/mol. The van der Waals surface area contributed by atoms with E-state index in [0.717, 1.165) is 0 Å². The van der Waals surface area contributed by atoms with Crippen molar-refractivity contribution in [3.8, 4) is 0 Å². The van der Waals surface area contributed by atoms with Crippen molar-refractivity contribution in [2.75, 3.05) is 13.1 Å². The molecular weight excluding hydrogens is 209 g/mol. The maximum Gasteiger partial charge on any atom is 0.203 e. The van der Waals surface area contributed by atoms with E-state index in [2.05, 4.69) is 5.32 Å². The molecule has 1 aliphatic rings. The molecule has 1 aromatic carbocycles. The first-order valence-corrected chi connectivity index (χ1v) is 5.18. The standard InChI is InChI=1S/C12H10FNO2/c13-9-1-2-10-7(3-9)4-11(16-10)12(15)8-5-14-6-8/h1-4,8,14H,5-6H2. The van der Waals surface area contributed by atoms with Crippen LogP contribution in [0.5, 0.6) is 0 Å². The Morgan fingerprint density at radius 1 is 1.38 bits per heavy atom. The quantitative estimate of drug-likeness (QED) is 0.785. The third-order valence-electron chi connectivity index (χ3n) is 2.87. The van der Waals surface area contributed by atoms with Crippen molar-refractivity contribution in [1.82, 2.24) is 5.32 Å². The van der Waals surface area contributed by atoms with Gasteiger partial charge in [0.25, 0.3) is 0 Å². The minimum Gasteiger partial charge on any atom is -0.453 e. The summed E-state index contributed by atoms with van der Waals surface area (Å²) in [6.07, 6.45) is 0. The molecule has 0 aliphatic carbocycles. The number of ketones is 1. The number of benzene rings is 1. The molecule has 1 aromatic heterocycles. The fraction of sp³-hybridized carbons (Fsp3) is 0.250. The van der Waals surface area contributed by atoms with Crippen LogP contribution in [0.15, 0.2) is 28.7 Å². The Morgan fingerprint density at radius 2 is 2.19 bits per heavy atom. The number of Topliss-reactive ketones (excluding diaryl/α,β-unsaturated/α-hetero) is 1. The van der Waals surface area contributed by atoms with Crippen LogP contribution in [0.4, 0.5) is 4.39 Å². The Morgan fingerprint density at radius 3 is 2.88 bits per heavy atom. The molecule has 2 aromatic rings. The molecule has 0 saturated carbocycles. The fourth-order valence-corrected chi connectivity index (χ4v) is 1.81. The highest BCUT2D eigenvalue weighted by Gasteiger charge is 2.28. The zero-order chi connectivity index (χ0) is 11.1. The molecule has 1 saturated heterocycles. The second-order valence-corrected chi connectivity index (χ2v) is 4.01. The summed E-state index contributed by atoms with van der Waals surface area (Å²) < 4.78 is 18.3. The Hall–Kier alpha value is -1.68. The van der Waals surface area contributed by atoms with E-state index in [1.54, 1.807) is 12.1 Å². The van der Waals surface area contributed by atoms with E-state index in [1.807, 2.05) is 0 Å². The highest BCUT2D eigenvalue weighted by Crippen LogP contribution is 2.23. The van der Waals surface area contributed by atoms with E-state index in [0.29, 0.717) is 29.8 Å². The molecule has 0 bridgehead atoms. The zero-order valence-electron chi connectivity index (χ0n) is 8.50. The highest BCUT2D eigenvalue weighted by molar-refractivity contribution is 5.99. The summed E-state index contributed by atoms with van der Waals surface area (Å²) in [6.45, 7) is 1.40. The number of nitrogens with one attached hydrogen (secondary N) is 1. The highest BCUT2D eigenvalue weighted by atomic mass is 19.1. The van der Waals surface area contributed by atoms with Gasteiger partial charge in [-0.15, -0.1) is 0 Å². The normalized spacial score (nSPS) is 16.3. The van der Waals surface area contributed by atoms with Crippen LogP contribution < -0.4 is 5.32 Å². The Bertz CT molecular complexity index is 557. The number of hydrogen-bond donors (Lipinski definition) is 1. The fourth-order valence-electron chi connectivity index (χ4n) is 1.81. The van der Waals surface area contributed by atoms with Crippen LogP contribution in [-0.2, 0) is 0 Å². The van der Waals surface area contributed by atoms with Gasteiger partial charge in [-0.2, -0.15) is 0 Å². The van der Waals surface area contributed by atoms with Crippen LogP contribution in [0.25, 0.3) is 11.0 Å². The van der Waals surface area contributed by atoms with Gasteiger partial charge in [0.05, 0.1) is 5.92 Å². The predicted octanol–water partition coefficient (Wildman–Crippen LogP) is 1.97. The van der Waals surface area contributed by atoms with E-state index in [9.17, 15) is 9.18 Å². The van der Waals surface area contributed by atoms with Crippen molar-refractivity contribution < 1.29 is 13.6 Å². The Labute approximate surface area is 91.2 Å². The van der Waals surface area contributed by atoms with Crippen molar-refractivity contribution >= 4 is 16.8 Å². The molecule has 0 spiro atoms. The maximum absolute atomic E-state index is 12.9. The lowest BCUT2D eigenvalue weighted by Gasteiger charge is -2.24. The lowest BCUT2D eigenvalue weighted by molar-refractivity contribution is 0.0851. The summed E-state index contributed by atoms with van der Waals surface area (Å²) in [5, 5.41) is 3.67. The van der Waals surface area contributed by atoms with E-state index < -0.39 is 0 Å². The van der Waals surface area contributed by atoms with Crippen molar-refractivity contribution in [2.45, 2.75) is 0 Å². The van der Waals surface area contributed by atoms with E-state index in [4.69, 9.17) is 4.42 Å². The molecule has 0 unspecified atom stereocenters. The zero-order valence-corrected chi connectivity index (χ0v) is 8.50. The summed E-state index contributed by atoms with van der Waals surface area (Å²) >= 11 is 0. The molecule has 0 radical (unpaired) electrons. The topological polar surface area (TPSA) is 42.2 Å². The summed E-state index contributed by atoms with van der Waals surface area (Å²) in [6, 6.07) is 5.85. The number of carbonyl (C=O) groups excluding carboxylic acids is 1. The van der Waals surface area contributed by atoms with E-state index in [-0.39, 0.29) is 17.5 Å². The van der Waals surface area contributed by atoms with Crippen LogP contribution >= 0.6 is 0 Å². The molecule has 82 valence electrons. The summed E-state index contributed by atoms with van der Waals surface area (Å²) in [5.74, 6) is 0.00507. The molecular formula is C12H10FNO2. The smallest absolute Gasteiger partial charge is 0.203 e. The van der Waals surface area contributed by atoms with Gasteiger partial charge in [0, 0.05) is 18.5 Å². The van der Waals surface area contributed by atoms with Crippen molar-refractivity contribution in [3.05, 3.63) is 35.8 Å². The first kappa shape index (κ1) is 9.54. The number of rotatable bonds is 2. The van der Waals surface area contributed by atoms with Gasteiger partial charge in [-0.25, -0.2) is 4.39 Å². The minimum atomic E-state index is -0.322. The van der Waals surface area contributed by atoms with Gasteiger partial charge in [-0.3, -0.25) is 4.79 Å². The van der Waals surface area contributed by atoms with Gasteiger partial charge in [0.2, 0.25) is 5.78 Å². The first-order valence-electron chi connectivity index (χ1n) is 5.18. The Kier molecular flexibility index (Phi) is 2.04. The van der Waals surface area contributed by atoms with Gasteiger partial charge in [0.15, 0.2) is 5.76 Å². The number of halogens is 1. The SMILES string of the molecule is O=C(c1cc2cc(F)ccc2o1)C1CNC1. The molecule has 1 fully saturated rings. The number of carbonyl (C=O) groups is 1. The average Bonchev–Trinajstić information content (AvgIpc) is 2.57. The largest absolute Gasteiger partial charge is 0.453 e. The molecule has 1 aliphatic heterocycles. The molecule has 16 heavy (non-hydrogen) atoms. The second-order valence-electron chi connectivity index (χ2n) is 4.01. The van der Waals surface area contributed by atoms with Gasteiger partial charge in [0.1, 0.15) is 11.4 Å². The van der Waals surface area contributed by atoms with Crippen LogP contribution in [0, 0.1) is 11.7 Å². The van der Waals surface area contributed by atoms with Gasteiger partial charge in [-0.1, -0.05) is 0 Å². The molecule has 4 heteroatoms. The van der Waals surface area contributed by atoms with Crippen LogP contribution in [-0.4, -0.2) is 18.9 Å². The molecule has 1 N–H and O–H groups in total. The van der Waals surface area contributed by atoms with Crippen molar-refractivity contribution in [3.63, 3.8) is 0 Å². The van der Waals surface area contributed by atoms with Crippen molar-refractivity contribution in [2.24, 2.45) is 5.92 Å². The third-order valence-corrected chi connectivity index (χ3v) is 2.87. The minimum absolute atomic E-state index is 0.00430. The van der Waals surface area contributed by atoms with Crippen molar-refractivity contribution in [1.29, 1.82) is 0 Å².